The Morgan fingerprint density at radius 1 is 0.885 bits per heavy atom. The number of carbonyl (C=O) groups excluding carboxylic acids is 2. The van der Waals surface area contributed by atoms with Crippen molar-refractivity contribution in [2.75, 3.05) is 19.6 Å². The maximum absolute atomic E-state index is 11.4. The third-order valence-corrected chi connectivity index (χ3v) is 2.21. The van der Waals surface area contributed by atoms with Crippen LogP contribution >= 0.6 is 0 Å². The number of nitrogens with one attached hydrogen (secondary N) is 2. The monoisotopic (exact) mass is 380 g/mol. The molecule has 0 unspecified atom stereocenters. The zero-order valence-electron chi connectivity index (χ0n) is 14.9. The van der Waals surface area contributed by atoms with E-state index >= 15 is 0 Å². The fraction of sp³-hybridized carbons (Fsp3) is 0.643. The minimum atomic E-state index is -1.11. The van der Waals surface area contributed by atoms with Gasteiger partial charge in [-0.3, -0.25) is 19.2 Å². The van der Waals surface area contributed by atoms with Gasteiger partial charge in [0, 0.05) is 13.8 Å². The number of aliphatic carboxylic acids is 3. The molecule has 0 aliphatic rings. The maximum atomic E-state index is 11.4. The quantitative estimate of drug-likeness (QED) is 0.217. The Hall–Kier alpha value is -2.73. The van der Waals surface area contributed by atoms with Gasteiger partial charge in [-0.2, -0.15) is 0 Å². The number of carboxylic acids is 3. The van der Waals surface area contributed by atoms with Gasteiger partial charge in [-0.15, -0.1) is 0 Å². The Bertz CT molecular complexity index is 436. The Balaban J connectivity index is -0.000000551. The predicted octanol–water partition coefficient (Wildman–Crippen LogP) is -2.06. The van der Waals surface area contributed by atoms with Crippen LogP contribution in [0.15, 0.2) is 0 Å². The summed E-state index contributed by atoms with van der Waals surface area (Å²) in [7, 11) is 0. The molecule has 12 heteroatoms. The molecule has 0 radical (unpaired) electrons. The predicted molar refractivity (Wildman–Crippen MR) is 91.2 cm³/mol. The third-order valence-electron chi connectivity index (χ3n) is 2.21. The number of amides is 2. The molecule has 0 saturated carbocycles. The molecular weight excluding hydrogens is 352 g/mol. The fourth-order valence-electron chi connectivity index (χ4n) is 1.25. The molecule has 0 aliphatic heterocycles. The van der Waals surface area contributed by atoms with Crippen LogP contribution in [0.5, 0.6) is 0 Å². The standard InChI is InChI=1S/C10H20N4O4.2C2H4O2/c11-4-2-1-3-7(10(17)18)14-9(16)6-13-8(15)5-12;2*1-2(3)4/h7H,1-6,11-12H2,(H,13,15)(H,14,16)(H,17,18);2*1H3,(H,3,4)/t7-;;/m0../s1. The van der Waals surface area contributed by atoms with Gasteiger partial charge in [0.25, 0.3) is 11.9 Å². The summed E-state index contributed by atoms with van der Waals surface area (Å²) in [5.41, 5.74) is 10.3. The van der Waals surface area contributed by atoms with Crippen LogP contribution in [0, 0.1) is 0 Å². The molecule has 0 bridgehead atoms. The maximum Gasteiger partial charge on any atom is 0.326 e. The molecule has 0 aliphatic carbocycles. The number of hydrogen-bond acceptors (Lipinski definition) is 7. The molecule has 152 valence electrons. The van der Waals surface area contributed by atoms with E-state index in [4.69, 9.17) is 36.4 Å². The van der Waals surface area contributed by atoms with Crippen molar-refractivity contribution in [2.45, 2.75) is 39.2 Å². The van der Waals surface area contributed by atoms with Crippen molar-refractivity contribution in [1.82, 2.24) is 10.6 Å². The first kappa shape index (κ1) is 28.1. The Morgan fingerprint density at radius 2 is 1.35 bits per heavy atom. The van der Waals surface area contributed by atoms with Gasteiger partial charge in [0.2, 0.25) is 11.8 Å². The molecule has 0 rings (SSSR count). The number of carboxylic acid groups (broad SMARTS) is 3. The van der Waals surface area contributed by atoms with Gasteiger partial charge in [-0.25, -0.2) is 4.79 Å². The zero-order chi connectivity index (χ0) is 21.1. The molecule has 0 aromatic heterocycles. The summed E-state index contributed by atoms with van der Waals surface area (Å²) in [5.74, 6) is -3.80. The van der Waals surface area contributed by atoms with Crippen LogP contribution < -0.4 is 22.1 Å². The van der Waals surface area contributed by atoms with Crippen LogP contribution in [-0.4, -0.2) is 70.7 Å². The first-order chi connectivity index (χ1) is 12.0. The summed E-state index contributed by atoms with van der Waals surface area (Å²) in [6, 6.07) is -0.959. The van der Waals surface area contributed by atoms with Crippen LogP contribution in [0.1, 0.15) is 33.1 Å². The zero-order valence-corrected chi connectivity index (χ0v) is 14.9. The normalized spacial score (nSPS) is 10.0. The van der Waals surface area contributed by atoms with Crippen LogP contribution in [0.4, 0.5) is 0 Å². The lowest BCUT2D eigenvalue weighted by molar-refractivity contribution is -0.142. The van der Waals surface area contributed by atoms with E-state index in [1.54, 1.807) is 0 Å². The van der Waals surface area contributed by atoms with E-state index in [1.165, 1.54) is 0 Å². The van der Waals surface area contributed by atoms with Crippen molar-refractivity contribution in [3.05, 3.63) is 0 Å². The second-order valence-corrected chi connectivity index (χ2v) is 4.76. The molecule has 0 heterocycles. The van der Waals surface area contributed by atoms with E-state index in [0.717, 1.165) is 13.8 Å². The summed E-state index contributed by atoms with van der Waals surface area (Å²) >= 11 is 0. The lowest BCUT2D eigenvalue weighted by atomic mass is 10.1. The van der Waals surface area contributed by atoms with Gasteiger partial charge in [0.05, 0.1) is 13.1 Å². The first-order valence-electron chi connectivity index (χ1n) is 7.55. The van der Waals surface area contributed by atoms with Crippen molar-refractivity contribution in [3.8, 4) is 0 Å². The molecule has 26 heavy (non-hydrogen) atoms. The number of carbonyl (C=O) groups is 5. The lowest BCUT2D eigenvalue weighted by Gasteiger charge is -2.14. The molecule has 9 N–H and O–H groups in total. The van der Waals surface area contributed by atoms with Crippen LogP contribution in [0.3, 0.4) is 0 Å². The summed E-state index contributed by atoms with van der Waals surface area (Å²) in [5, 5.41) is 28.3. The van der Waals surface area contributed by atoms with Crippen LogP contribution in [0.25, 0.3) is 0 Å². The number of nitrogens with two attached hydrogens (primary N) is 2. The van der Waals surface area contributed by atoms with E-state index in [0.29, 0.717) is 25.8 Å². The number of unbranched alkanes of at least 4 members (excludes halogenated alkanes) is 1. The van der Waals surface area contributed by atoms with Gasteiger partial charge in [0.1, 0.15) is 6.04 Å². The minimum absolute atomic E-state index is 0.216. The summed E-state index contributed by atoms with van der Waals surface area (Å²) < 4.78 is 0. The molecule has 0 aromatic carbocycles. The first-order valence-corrected chi connectivity index (χ1v) is 7.55. The van der Waals surface area contributed by atoms with Crippen molar-refractivity contribution in [2.24, 2.45) is 11.5 Å². The highest BCUT2D eigenvalue weighted by Crippen LogP contribution is 2.00. The molecule has 0 spiro atoms. The second-order valence-electron chi connectivity index (χ2n) is 4.76. The molecule has 0 fully saturated rings. The smallest absolute Gasteiger partial charge is 0.326 e. The van der Waals surface area contributed by atoms with Crippen molar-refractivity contribution in [1.29, 1.82) is 0 Å². The van der Waals surface area contributed by atoms with Crippen molar-refractivity contribution in [3.63, 3.8) is 0 Å². The Labute approximate surface area is 150 Å². The fourth-order valence-corrected chi connectivity index (χ4v) is 1.25. The molecule has 2 amide bonds. The van der Waals surface area contributed by atoms with E-state index in [-0.39, 0.29) is 13.1 Å². The minimum Gasteiger partial charge on any atom is -0.481 e. The van der Waals surface area contributed by atoms with E-state index in [2.05, 4.69) is 10.6 Å². The molecule has 12 nitrogen and oxygen atoms in total. The lowest BCUT2D eigenvalue weighted by Crippen LogP contribution is -2.46. The largest absolute Gasteiger partial charge is 0.481 e. The van der Waals surface area contributed by atoms with Crippen LogP contribution in [-0.2, 0) is 24.0 Å². The summed E-state index contributed by atoms with van der Waals surface area (Å²) in [6.45, 7) is 2.15. The highest BCUT2D eigenvalue weighted by Gasteiger charge is 2.19. The Kier molecular flexibility index (Phi) is 20.1. The highest BCUT2D eigenvalue weighted by atomic mass is 16.4. The number of rotatable bonds is 9. The molecule has 0 saturated heterocycles. The van der Waals surface area contributed by atoms with E-state index in [9.17, 15) is 14.4 Å². The Morgan fingerprint density at radius 3 is 1.69 bits per heavy atom. The van der Waals surface area contributed by atoms with Crippen molar-refractivity contribution >= 4 is 29.7 Å². The van der Waals surface area contributed by atoms with E-state index < -0.39 is 35.8 Å². The summed E-state index contributed by atoms with van der Waals surface area (Å²) in [6.07, 6.45) is 1.62. The second kappa shape index (κ2) is 18.6. The molecular formula is C14H28N4O8. The van der Waals surface area contributed by atoms with Gasteiger partial charge < -0.3 is 37.4 Å². The SMILES string of the molecule is CC(=O)O.CC(=O)O.NCCCC[C@H](NC(=O)CNC(=O)CN)C(=O)O. The van der Waals surface area contributed by atoms with E-state index in [1.807, 2.05) is 0 Å². The summed E-state index contributed by atoms with van der Waals surface area (Å²) in [4.78, 5) is 51.0. The van der Waals surface area contributed by atoms with Gasteiger partial charge in [0.15, 0.2) is 0 Å². The van der Waals surface area contributed by atoms with Gasteiger partial charge in [-0.05, 0) is 25.8 Å². The third kappa shape index (κ3) is 29.3. The highest BCUT2D eigenvalue weighted by molar-refractivity contribution is 5.88. The molecule has 1 atom stereocenters. The average Bonchev–Trinajstić information content (AvgIpc) is 2.50. The van der Waals surface area contributed by atoms with Gasteiger partial charge in [-0.1, -0.05) is 0 Å². The van der Waals surface area contributed by atoms with Gasteiger partial charge >= 0.3 is 5.97 Å². The average molecular weight is 380 g/mol. The molecule has 0 aromatic rings. The topological polar surface area (TPSA) is 222 Å². The van der Waals surface area contributed by atoms with Crippen LogP contribution in [0.2, 0.25) is 0 Å². The number of hydrogen-bond donors (Lipinski definition) is 7. The van der Waals surface area contributed by atoms with Crippen molar-refractivity contribution < 1.29 is 39.3 Å².